The lowest BCUT2D eigenvalue weighted by Gasteiger charge is -2.27. The molecule has 226 valence electrons. The van der Waals surface area contributed by atoms with Crippen molar-refractivity contribution in [3.05, 3.63) is 22.7 Å². The van der Waals surface area contributed by atoms with Crippen LogP contribution in [0.1, 0.15) is 116 Å². The van der Waals surface area contributed by atoms with Crippen LogP contribution in [0.4, 0.5) is 5.82 Å². The number of ether oxygens (including phenoxy) is 2. The highest BCUT2D eigenvalue weighted by Gasteiger charge is 2.50. The highest BCUT2D eigenvalue weighted by Crippen LogP contribution is 2.52. The Morgan fingerprint density at radius 1 is 0.897 bits per heavy atom. The molecule has 2 N–H and O–H groups in total. The van der Waals surface area contributed by atoms with Gasteiger partial charge in [-0.2, -0.15) is 4.98 Å². The minimum atomic E-state index is -3.81. The summed E-state index contributed by atoms with van der Waals surface area (Å²) in [5, 5.41) is 0. The van der Waals surface area contributed by atoms with Crippen molar-refractivity contribution in [2.75, 3.05) is 26.6 Å². The van der Waals surface area contributed by atoms with Gasteiger partial charge in [0.15, 0.2) is 6.23 Å². The highest BCUT2D eigenvalue weighted by atomic mass is 31.2. The zero-order valence-corrected chi connectivity index (χ0v) is 25.4. The van der Waals surface area contributed by atoms with Crippen LogP contribution in [-0.2, 0) is 27.6 Å². The number of nitrogen functional groups attached to an aromatic ring is 1. The number of nitrogens with two attached hydrogens (primary N) is 1. The van der Waals surface area contributed by atoms with Gasteiger partial charge >= 0.3 is 13.5 Å². The topological polar surface area (TPSA) is 124 Å². The van der Waals surface area contributed by atoms with Crippen LogP contribution in [0.2, 0.25) is 0 Å². The van der Waals surface area contributed by atoms with Crippen LogP contribution < -0.4 is 11.4 Å². The van der Waals surface area contributed by atoms with Gasteiger partial charge in [-0.15, -0.1) is 0 Å². The first-order valence-electron chi connectivity index (χ1n) is 14.9. The fraction of sp³-hybridized carbons (Fsp3) is 0.857. The molecule has 0 saturated carbocycles. The highest BCUT2D eigenvalue weighted by molar-refractivity contribution is 7.48. The van der Waals surface area contributed by atoms with Crippen molar-refractivity contribution >= 4 is 13.6 Å². The van der Waals surface area contributed by atoms with Gasteiger partial charge in [-0.05, 0) is 18.9 Å². The van der Waals surface area contributed by atoms with E-state index in [1.807, 2.05) is 6.92 Å². The molecular weight excluding hydrogens is 521 g/mol. The molecule has 1 aromatic heterocycles. The molecule has 0 amide bonds. The number of nitrogens with zero attached hydrogens (tertiary/aromatic N) is 2. The van der Waals surface area contributed by atoms with Crippen LogP contribution >= 0.6 is 7.82 Å². The van der Waals surface area contributed by atoms with E-state index in [1.54, 1.807) is 0 Å². The Morgan fingerprint density at radius 3 is 1.92 bits per heavy atom. The normalized spacial score (nSPS) is 21.5. The molecule has 0 spiro atoms. The van der Waals surface area contributed by atoms with Crippen molar-refractivity contribution < 1.29 is 27.6 Å². The van der Waals surface area contributed by atoms with Crippen LogP contribution in [0.25, 0.3) is 0 Å². The van der Waals surface area contributed by atoms with E-state index in [0.29, 0.717) is 13.0 Å². The molecular formula is C28H52N3O7P. The number of anilines is 1. The summed E-state index contributed by atoms with van der Waals surface area (Å²) in [4.78, 5) is 16.4. The number of hydrogen-bond acceptors (Lipinski definition) is 9. The molecule has 11 heteroatoms. The van der Waals surface area contributed by atoms with Crippen LogP contribution in [0.5, 0.6) is 0 Å². The molecule has 0 bridgehead atoms. The second-order valence-electron chi connectivity index (χ2n) is 10.3. The number of unbranched alkanes of at least 4 members (excludes halogenated alkanes) is 13. The lowest BCUT2D eigenvalue weighted by Crippen LogP contribution is -2.39. The summed E-state index contributed by atoms with van der Waals surface area (Å²) < 4.78 is 42.3. The molecule has 2 heterocycles. The monoisotopic (exact) mass is 573 g/mol. The Bertz CT molecular complexity index is 892. The number of phosphoric ester groups is 1. The van der Waals surface area contributed by atoms with E-state index in [-0.39, 0.29) is 5.82 Å². The molecule has 0 aromatic carbocycles. The maximum Gasteiger partial charge on any atom is 0.474 e. The lowest BCUT2D eigenvalue weighted by molar-refractivity contribution is -0.0713. The number of rotatable bonds is 22. The molecule has 10 nitrogen and oxygen atoms in total. The lowest BCUT2D eigenvalue weighted by atomic mass is 10.0. The second-order valence-corrected chi connectivity index (χ2v) is 12.2. The third-order valence-corrected chi connectivity index (χ3v) is 8.72. The Balaban J connectivity index is 1.81. The minimum Gasteiger partial charge on any atom is -0.383 e. The summed E-state index contributed by atoms with van der Waals surface area (Å²) in [6, 6.07) is 1.53. The number of phosphoric acid groups is 1. The zero-order chi connectivity index (χ0) is 28.5. The standard InChI is InChI=1S/C28H52N3O7P/c1-5-7-8-9-10-11-12-13-14-15-16-17-18-19-22-36-26-25(38-39(33,34-3)35-4)23(6-2)37-27(26)31-21-20-24(29)30-28(31)32/h20-21,23,25-27H,5-19,22H2,1-4H3,(H2,29,30,32). The van der Waals surface area contributed by atoms with Gasteiger partial charge in [0.1, 0.15) is 18.0 Å². The van der Waals surface area contributed by atoms with Crippen molar-refractivity contribution in [1.29, 1.82) is 0 Å². The second kappa shape index (κ2) is 18.9. The molecule has 1 saturated heterocycles. The third kappa shape index (κ3) is 11.6. The molecule has 1 aliphatic rings. The van der Waals surface area contributed by atoms with Crippen molar-refractivity contribution in [3.63, 3.8) is 0 Å². The fourth-order valence-corrected chi connectivity index (χ4v) is 5.89. The van der Waals surface area contributed by atoms with Gasteiger partial charge in [0.2, 0.25) is 0 Å². The summed E-state index contributed by atoms with van der Waals surface area (Å²) >= 11 is 0. The van der Waals surface area contributed by atoms with Crippen molar-refractivity contribution in [1.82, 2.24) is 9.55 Å². The van der Waals surface area contributed by atoms with E-state index in [2.05, 4.69) is 11.9 Å². The molecule has 1 aromatic rings. The van der Waals surface area contributed by atoms with Crippen LogP contribution in [0.15, 0.2) is 17.1 Å². The first-order chi connectivity index (χ1) is 18.9. The van der Waals surface area contributed by atoms with E-state index < -0.39 is 38.1 Å². The molecule has 4 unspecified atom stereocenters. The third-order valence-electron chi connectivity index (χ3n) is 7.32. The Kier molecular flexibility index (Phi) is 16.5. The Hall–Kier alpha value is -1.29. The maximum absolute atomic E-state index is 12.8. The fourth-order valence-electron chi connectivity index (χ4n) is 5.01. The van der Waals surface area contributed by atoms with Crippen LogP contribution in [0.3, 0.4) is 0 Å². The quantitative estimate of drug-likeness (QED) is 0.118. The minimum absolute atomic E-state index is 0.122. The molecule has 4 atom stereocenters. The zero-order valence-electron chi connectivity index (χ0n) is 24.6. The number of hydrogen-bond donors (Lipinski definition) is 1. The van der Waals surface area contributed by atoms with E-state index in [1.165, 1.54) is 102 Å². The molecule has 1 aliphatic heterocycles. The summed E-state index contributed by atoms with van der Waals surface area (Å²) in [5.41, 5.74) is 5.12. The van der Waals surface area contributed by atoms with Crippen molar-refractivity contribution in [2.45, 2.75) is 135 Å². The van der Waals surface area contributed by atoms with Crippen molar-refractivity contribution in [3.8, 4) is 0 Å². The van der Waals surface area contributed by atoms with Crippen LogP contribution in [-0.4, -0.2) is 48.7 Å². The van der Waals surface area contributed by atoms with E-state index in [4.69, 9.17) is 28.8 Å². The molecule has 2 rings (SSSR count). The van der Waals surface area contributed by atoms with E-state index >= 15 is 0 Å². The van der Waals surface area contributed by atoms with Gasteiger partial charge in [-0.25, -0.2) is 9.36 Å². The predicted octanol–water partition coefficient (Wildman–Crippen LogP) is 6.79. The van der Waals surface area contributed by atoms with Crippen LogP contribution in [0, 0.1) is 0 Å². The Morgan fingerprint density at radius 2 is 1.44 bits per heavy atom. The van der Waals surface area contributed by atoms with Gasteiger partial charge in [0.25, 0.3) is 0 Å². The van der Waals surface area contributed by atoms with Gasteiger partial charge in [0.05, 0.1) is 6.10 Å². The summed E-state index contributed by atoms with van der Waals surface area (Å²) in [5.74, 6) is 0.122. The SMILES string of the molecule is CCCCCCCCCCCCCCCCOC1C(OP(=O)(OC)OC)C(CC)OC1n1ccc(N)nc1=O. The predicted molar refractivity (Wildman–Crippen MR) is 154 cm³/mol. The van der Waals surface area contributed by atoms with Gasteiger partial charge in [-0.3, -0.25) is 18.1 Å². The molecule has 0 aliphatic carbocycles. The average molecular weight is 574 g/mol. The Labute approximate surface area is 234 Å². The first kappa shape index (κ1) is 33.9. The number of aromatic nitrogens is 2. The average Bonchev–Trinajstić information content (AvgIpc) is 3.27. The smallest absolute Gasteiger partial charge is 0.383 e. The summed E-state index contributed by atoms with van der Waals surface area (Å²) in [6.45, 7) is 4.64. The molecule has 0 radical (unpaired) electrons. The van der Waals surface area contributed by atoms with Gasteiger partial charge in [0, 0.05) is 27.0 Å². The largest absolute Gasteiger partial charge is 0.474 e. The summed E-state index contributed by atoms with van der Waals surface area (Å²) in [6.07, 6.45) is 17.1. The molecule has 1 fully saturated rings. The van der Waals surface area contributed by atoms with Crippen molar-refractivity contribution in [2.24, 2.45) is 0 Å². The first-order valence-corrected chi connectivity index (χ1v) is 16.4. The summed E-state index contributed by atoms with van der Waals surface area (Å²) in [7, 11) is -1.29. The van der Waals surface area contributed by atoms with Gasteiger partial charge < -0.3 is 15.2 Å². The van der Waals surface area contributed by atoms with Gasteiger partial charge in [-0.1, -0.05) is 97.3 Å². The molecule has 39 heavy (non-hydrogen) atoms. The van der Waals surface area contributed by atoms with E-state index in [0.717, 1.165) is 19.3 Å². The maximum atomic E-state index is 12.8. The van der Waals surface area contributed by atoms with E-state index in [9.17, 15) is 9.36 Å².